The van der Waals surface area contributed by atoms with Crippen LogP contribution in [0, 0.1) is 25.2 Å². The van der Waals surface area contributed by atoms with Crippen LogP contribution >= 0.6 is 11.6 Å². The van der Waals surface area contributed by atoms with Crippen LogP contribution in [-0.4, -0.2) is 31.6 Å². The van der Waals surface area contributed by atoms with Gasteiger partial charge in [0.05, 0.1) is 28.4 Å². The molecule has 0 aliphatic carbocycles. The first-order chi connectivity index (χ1) is 14.8. The molecule has 1 fully saturated rings. The number of rotatable bonds is 2. The van der Waals surface area contributed by atoms with Gasteiger partial charge >= 0.3 is 5.69 Å². The van der Waals surface area contributed by atoms with Crippen LogP contribution in [0.3, 0.4) is 0 Å². The summed E-state index contributed by atoms with van der Waals surface area (Å²) in [5.41, 5.74) is 2.92. The second kappa shape index (κ2) is 6.76. The van der Waals surface area contributed by atoms with Gasteiger partial charge in [-0.3, -0.25) is 9.36 Å². The lowest BCUT2D eigenvalue weighted by Gasteiger charge is -2.27. The Kier molecular flexibility index (Phi) is 4.24. The third-order valence-corrected chi connectivity index (χ3v) is 6.79. The summed E-state index contributed by atoms with van der Waals surface area (Å²) in [5, 5.41) is 20.5. The number of aromatic nitrogens is 2. The number of hydrogen-bond acceptors (Lipinski definition) is 4. The highest BCUT2D eigenvalue weighted by Crippen LogP contribution is 2.49. The number of aromatic hydroxyl groups is 1. The molecular weight excluding hydrogens is 416 g/mol. The Hall–Kier alpha value is -3.50. The molecule has 2 aliphatic rings. The minimum Gasteiger partial charge on any atom is -0.493 e. The topological polar surface area (TPSA) is 91.3 Å². The molecule has 1 saturated heterocycles. The highest BCUT2D eigenvalue weighted by Gasteiger charge is 2.49. The van der Waals surface area contributed by atoms with Crippen molar-refractivity contribution in [1.29, 1.82) is 5.26 Å². The maximum atomic E-state index is 13.2. The second-order valence-corrected chi connectivity index (χ2v) is 8.49. The number of amides is 1. The predicted molar refractivity (Wildman–Crippen MR) is 115 cm³/mol. The van der Waals surface area contributed by atoms with Crippen LogP contribution < -0.4 is 5.69 Å². The Morgan fingerprint density at radius 2 is 2.03 bits per heavy atom. The molecule has 3 heterocycles. The highest BCUT2D eigenvalue weighted by atomic mass is 35.5. The van der Waals surface area contributed by atoms with Gasteiger partial charge in [-0.05, 0) is 50.1 Å². The minimum absolute atomic E-state index is 0.111. The Bertz CT molecular complexity index is 1360. The van der Waals surface area contributed by atoms with E-state index in [1.54, 1.807) is 28.5 Å². The number of hydrogen-bond donors (Lipinski definition) is 1. The maximum Gasteiger partial charge on any atom is 0.336 e. The van der Waals surface area contributed by atoms with Crippen LogP contribution in [0.2, 0.25) is 5.02 Å². The fraction of sp³-hybridized carbons (Fsp3) is 0.261. The Labute approximate surface area is 183 Å². The number of likely N-dealkylation sites (tertiary alicyclic amines) is 1. The lowest BCUT2D eigenvalue weighted by Crippen LogP contribution is -2.37. The van der Waals surface area contributed by atoms with Gasteiger partial charge in [-0.1, -0.05) is 29.3 Å². The second-order valence-electron chi connectivity index (χ2n) is 8.11. The molecule has 2 unspecified atom stereocenters. The van der Waals surface area contributed by atoms with Crippen molar-refractivity contribution in [3.8, 4) is 17.6 Å². The van der Waals surface area contributed by atoms with E-state index < -0.39 is 0 Å². The van der Waals surface area contributed by atoms with E-state index in [1.807, 2.05) is 31.2 Å². The van der Waals surface area contributed by atoms with Gasteiger partial charge in [0.2, 0.25) is 5.88 Å². The van der Waals surface area contributed by atoms with E-state index in [2.05, 4.69) is 0 Å². The third kappa shape index (κ3) is 2.65. The summed E-state index contributed by atoms with van der Waals surface area (Å²) in [4.78, 5) is 28.1. The van der Waals surface area contributed by atoms with Crippen LogP contribution in [0.1, 0.15) is 51.2 Å². The number of imidazole rings is 1. The van der Waals surface area contributed by atoms with Gasteiger partial charge in [-0.15, -0.1) is 0 Å². The summed E-state index contributed by atoms with van der Waals surface area (Å²) < 4.78 is 2.81. The van der Waals surface area contributed by atoms with Crippen molar-refractivity contribution in [3.63, 3.8) is 0 Å². The van der Waals surface area contributed by atoms with Crippen molar-refractivity contribution in [1.82, 2.24) is 14.0 Å². The molecule has 8 heteroatoms. The Balaban J connectivity index is 1.60. The summed E-state index contributed by atoms with van der Waals surface area (Å²) in [5.74, 6) is -0.303. The number of fused-ring (bicyclic) bond motifs is 5. The lowest BCUT2D eigenvalue weighted by molar-refractivity contribution is 0.0711. The van der Waals surface area contributed by atoms with Crippen LogP contribution in [0.4, 0.5) is 0 Å². The van der Waals surface area contributed by atoms with Gasteiger partial charge in [-0.2, -0.15) is 5.26 Å². The monoisotopic (exact) mass is 434 g/mol. The Morgan fingerprint density at radius 1 is 1.26 bits per heavy atom. The zero-order chi connectivity index (χ0) is 22.0. The van der Waals surface area contributed by atoms with Crippen molar-refractivity contribution in [2.24, 2.45) is 0 Å². The molecule has 31 heavy (non-hydrogen) atoms. The smallest absolute Gasteiger partial charge is 0.336 e. The van der Waals surface area contributed by atoms with Gasteiger partial charge in [0, 0.05) is 12.1 Å². The SMILES string of the molecule is Cc1cccc(C(=O)N2CC3CC2c2c(O)n(-c4ccc(C#N)c(Cl)c4C)c(=O)n23)c1. The molecule has 1 N–H and O–H groups in total. The molecule has 2 aromatic carbocycles. The molecule has 156 valence electrons. The number of carbonyl (C=O) groups excluding carboxylic acids is 1. The number of aryl methyl sites for hydroxylation is 1. The molecule has 1 aromatic heterocycles. The molecular formula is C23H19ClN4O3. The molecule has 2 atom stereocenters. The van der Waals surface area contributed by atoms with E-state index >= 15 is 0 Å². The van der Waals surface area contributed by atoms with Gasteiger partial charge in [-0.25, -0.2) is 9.36 Å². The first kappa shape index (κ1) is 19.5. The normalized spacial score (nSPS) is 18.8. The van der Waals surface area contributed by atoms with Crippen LogP contribution in [0.25, 0.3) is 5.69 Å². The molecule has 1 amide bonds. The highest BCUT2D eigenvalue weighted by molar-refractivity contribution is 6.32. The fourth-order valence-electron chi connectivity index (χ4n) is 4.84. The summed E-state index contributed by atoms with van der Waals surface area (Å²) in [7, 11) is 0. The largest absolute Gasteiger partial charge is 0.493 e. The van der Waals surface area contributed by atoms with Crippen molar-refractivity contribution in [2.45, 2.75) is 32.4 Å². The van der Waals surface area contributed by atoms with E-state index in [1.165, 1.54) is 10.6 Å². The quantitative estimate of drug-likeness (QED) is 0.666. The zero-order valence-corrected chi connectivity index (χ0v) is 17.7. The molecule has 0 saturated carbocycles. The van der Waals surface area contributed by atoms with Crippen LogP contribution in [0.15, 0.2) is 41.2 Å². The minimum atomic E-state index is -0.374. The van der Waals surface area contributed by atoms with Gasteiger partial charge < -0.3 is 10.0 Å². The first-order valence-corrected chi connectivity index (χ1v) is 10.3. The number of halogens is 1. The number of benzene rings is 2. The summed E-state index contributed by atoms with van der Waals surface area (Å²) in [6.45, 7) is 4.05. The third-order valence-electron chi connectivity index (χ3n) is 6.30. The predicted octanol–water partition coefficient (Wildman–Crippen LogP) is 3.63. The number of carbonyl (C=O) groups is 1. The van der Waals surface area contributed by atoms with E-state index in [0.717, 1.165) is 5.56 Å². The van der Waals surface area contributed by atoms with Gasteiger partial charge in [0.25, 0.3) is 5.91 Å². The van der Waals surface area contributed by atoms with E-state index in [9.17, 15) is 20.0 Å². The van der Waals surface area contributed by atoms with E-state index in [0.29, 0.717) is 41.0 Å². The standard InChI is InChI=1S/C23H19ClN4O3/c1-12-4-3-5-14(8-12)21(29)26-11-16-9-18(26)20-22(30)28(23(31)27(16)20)17-7-6-15(10-25)19(24)13(17)2/h3-8,16,18,30H,9,11H2,1-2H3. The van der Waals surface area contributed by atoms with Crippen molar-refractivity contribution >= 4 is 17.5 Å². The summed E-state index contributed by atoms with van der Waals surface area (Å²) in [6, 6.07) is 12.0. The fourth-order valence-corrected chi connectivity index (χ4v) is 5.04. The molecule has 3 aromatic rings. The number of nitrogens with zero attached hydrogens (tertiary/aromatic N) is 4. The average Bonchev–Trinajstić information content (AvgIpc) is 3.41. The van der Waals surface area contributed by atoms with Crippen molar-refractivity contribution in [2.75, 3.05) is 6.54 Å². The van der Waals surface area contributed by atoms with Gasteiger partial charge in [0.15, 0.2) is 0 Å². The molecule has 0 spiro atoms. The number of nitriles is 1. The van der Waals surface area contributed by atoms with Crippen molar-refractivity contribution in [3.05, 3.63) is 79.9 Å². The first-order valence-electron chi connectivity index (χ1n) is 9.96. The zero-order valence-electron chi connectivity index (χ0n) is 17.0. The molecule has 2 bridgehead atoms. The van der Waals surface area contributed by atoms with E-state index in [4.69, 9.17) is 11.6 Å². The van der Waals surface area contributed by atoms with Gasteiger partial charge in [0.1, 0.15) is 11.8 Å². The van der Waals surface area contributed by atoms with Crippen LogP contribution in [-0.2, 0) is 0 Å². The van der Waals surface area contributed by atoms with Crippen LogP contribution in [0.5, 0.6) is 5.88 Å². The molecule has 5 rings (SSSR count). The molecule has 2 aliphatic heterocycles. The van der Waals surface area contributed by atoms with Crippen molar-refractivity contribution < 1.29 is 9.90 Å². The van der Waals surface area contributed by atoms with E-state index in [-0.39, 0.29) is 34.6 Å². The summed E-state index contributed by atoms with van der Waals surface area (Å²) in [6.07, 6.45) is 0.601. The average molecular weight is 435 g/mol. The lowest BCUT2D eigenvalue weighted by atomic mass is 10.1. The molecule has 0 radical (unpaired) electrons. The molecule has 7 nitrogen and oxygen atoms in total. The Morgan fingerprint density at radius 3 is 2.74 bits per heavy atom. The maximum absolute atomic E-state index is 13.2. The summed E-state index contributed by atoms with van der Waals surface area (Å²) >= 11 is 6.28.